The van der Waals surface area contributed by atoms with Gasteiger partial charge in [-0.1, -0.05) is 29.4 Å². The minimum atomic E-state index is 0.576. The van der Waals surface area contributed by atoms with Gasteiger partial charge in [0, 0.05) is 24.5 Å². The van der Waals surface area contributed by atoms with Crippen molar-refractivity contribution < 1.29 is 4.52 Å². The number of aryl methyl sites for hydroxylation is 1. The van der Waals surface area contributed by atoms with Gasteiger partial charge in [0.2, 0.25) is 11.7 Å². The van der Waals surface area contributed by atoms with E-state index in [1.807, 2.05) is 19.2 Å². The zero-order valence-electron chi connectivity index (χ0n) is 12.7. The fraction of sp³-hybridized carbons (Fsp3) is 0.235. The highest BCUT2D eigenvalue weighted by atomic mass is 16.5. The van der Waals surface area contributed by atoms with Crippen molar-refractivity contribution in [2.75, 3.05) is 7.05 Å². The zero-order chi connectivity index (χ0) is 15.4. The van der Waals surface area contributed by atoms with Crippen molar-refractivity contribution in [3.63, 3.8) is 0 Å². The Labute approximate surface area is 129 Å². The molecule has 0 unspecified atom stereocenters. The molecule has 0 amide bonds. The third-order valence-corrected chi connectivity index (χ3v) is 3.49. The van der Waals surface area contributed by atoms with Gasteiger partial charge in [-0.05, 0) is 37.2 Å². The first-order valence-corrected chi connectivity index (χ1v) is 7.18. The molecule has 0 N–H and O–H groups in total. The van der Waals surface area contributed by atoms with E-state index >= 15 is 0 Å². The molecule has 5 heteroatoms. The Hall–Kier alpha value is -2.53. The van der Waals surface area contributed by atoms with Gasteiger partial charge in [0.25, 0.3) is 0 Å². The predicted molar refractivity (Wildman–Crippen MR) is 83.9 cm³/mol. The van der Waals surface area contributed by atoms with Crippen LogP contribution in [0.5, 0.6) is 0 Å². The van der Waals surface area contributed by atoms with Crippen LogP contribution in [0.25, 0.3) is 11.4 Å². The molecular weight excluding hydrogens is 276 g/mol. The van der Waals surface area contributed by atoms with E-state index in [-0.39, 0.29) is 0 Å². The highest BCUT2D eigenvalue weighted by Gasteiger charge is 2.11. The molecule has 0 radical (unpaired) electrons. The normalized spacial score (nSPS) is 11.0. The van der Waals surface area contributed by atoms with Gasteiger partial charge in [0.1, 0.15) is 0 Å². The van der Waals surface area contributed by atoms with E-state index in [4.69, 9.17) is 4.52 Å². The number of hydrogen-bond acceptors (Lipinski definition) is 5. The summed E-state index contributed by atoms with van der Waals surface area (Å²) in [5, 5.41) is 4.01. The summed E-state index contributed by atoms with van der Waals surface area (Å²) in [7, 11) is 2.04. The molecule has 0 fully saturated rings. The van der Waals surface area contributed by atoms with E-state index in [1.54, 1.807) is 12.4 Å². The maximum Gasteiger partial charge on any atom is 0.241 e. The first-order valence-electron chi connectivity index (χ1n) is 7.18. The molecule has 0 spiro atoms. The average Bonchev–Trinajstić information content (AvgIpc) is 2.99. The molecule has 22 heavy (non-hydrogen) atoms. The van der Waals surface area contributed by atoms with Crippen molar-refractivity contribution >= 4 is 0 Å². The smallest absolute Gasteiger partial charge is 0.241 e. The van der Waals surface area contributed by atoms with Crippen LogP contribution in [0.1, 0.15) is 17.0 Å². The molecule has 112 valence electrons. The van der Waals surface area contributed by atoms with Crippen LogP contribution in [-0.4, -0.2) is 27.1 Å². The van der Waals surface area contributed by atoms with Crippen LogP contribution in [-0.2, 0) is 13.1 Å². The SMILES string of the molecule is Cc1ccccc1CN(C)Cc1nc(-c2cccnc2)no1. The Balaban J connectivity index is 1.66. The van der Waals surface area contributed by atoms with Crippen LogP contribution in [0.4, 0.5) is 0 Å². The largest absolute Gasteiger partial charge is 0.338 e. The molecule has 0 bridgehead atoms. The molecule has 0 atom stereocenters. The molecule has 1 aromatic carbocycles. The quantitative estimate of drug-likeness (QED) is 0.724. The molecule has 2 aromatic heterocycles. The topological polar surface area (TPSA) is 55.1 Å². The molecule has 0 aliphatic carbocycles. The van der Waals surface area contributed by atoms with E-state index in [0.29, 0.717) is 18.3 Å². The molecule has 0 saturated carbocycles. The standard InChI is InChI=1S/C17H18N4O/c1-13-6-3-4-7-15(13)11-21(2)12-16-19-17(20-22-16)14-8-5-9-18-10-14/h3-10H,11-12H2,1-2H3. The number of benzene rings is 1. The van der Waals surface area contributed by atoms with E-state index in [9.17, 15) is 0 Å². The molecule has 5 nitrogen and oxygen atoms in total. The number of aromatic nitrogens is 3. The Kier molecular flexibility index (Phi) is 4.25. The molecular formula is C17H18N4O. The second kappa shape index (κ2) is 6.49. The van der Waals surface area contributed by atoms with Gasteiger partial charge < -0.3 is 4.52 Å². The highest BCUT2D eigenvalue weighted by Crippen LogP contribution is 2.15. The van der Waals surface area contributed by atoms with E-state index < -0.39 is 0 Å². The Morgan fingerprint density at radius 3 is 2.73 bits per heavy atom. The zero-order valence-corrected chi connectivity index (χ0v) is 12.7. The van der Waals surface area contributed by atoms with E-state index in [1.165, 1.54) is 11.1 Å². The lowest BCUT2D eigenvalue weighted by Crippen LogP contribution is -2.18. The lowest BCUT2D eigenvalue weighted by Gasteiger charge is -2.15. The van der Waals surface area contributed by atoms with Crippen LogP contribution in [0, 0.1) is 6.92 Å². The Bertz CT molecular complexity index is 739. The van der Waals surface area contributed by atoms with E-state index in [0.717, 1.165) is 12.1 Å². The number of hydrogen-bond donors (Lipinski definition) is 0. The van der Waals surface area contributed by atoms with Crippen LogP contribution < -0.4 is 0 Å². The fourth-order valence-electron chi connectivity index (χ4n) is 2.30. The van der Waals surface area contributed by atoms with Gasteiger partial charge in [0.15, 0.2) is 0 Å². The lowest BCUT2D eigenvalue weighted by atomic mass is 10.1. The second-order valence-corrected chi connectivity index (χ2v) is 5.35. The second-order valence-electron chi connectivity index (χ2n) is 5.35. The van der Waals surface area contributed by atoms with Gasteiger partial charge in [-0.15, -0.1) is 0 Å². The van der Waals surface area contributed by atoms with Gasteiger partial charge in [0.05, 0.1) is 6.54 Å². The van der Waals surface area contributed by atoms with Crippen LogP contribution in [0.2, 0.25) is 0 Å². The first-order chi connectivity index (χ1) is 10.7. The van der Waals surface area contributed by atoms with Crippen molar-refractivity contribution in [3.8, 4) is 11.4 Å². The Morgan fingerprint density at radius 2 is 1.95 bits per heavy atom. The van der Waals surface area contributed by atoms with Crippen molar-refractivity contribution in [1.29, 1.82) is 0 Å². The summed E-state index contributed by atoms with van der Waals surface area (Å²) in [4.78, 5) is 10.6. The first kappa shape index (κ1) is 14.4. The van der Waals surface area contributed by atoms with Gasteiger partial charge in [-0.3, -0.25) is 9.88 Å². The minimum Gasteiger partial charge on any atom is -0.338 e. The molecule has 3 rings (SSSR count). The summed E-state index contributed by atoms with van der Waals surface area (Å²) in [6.45, 7) is 3.58. The third kappa shape index (κ3) is 3.38. The maximum atomic E-state index is 5.33. The third-order valence-electron chi connectivity index (χ3n) is 3.49. The Morgan fingerprint density at radius 1 is 1.09 bits per heavy atom. The highest BCUT2D eigenvalue weighted by molar-refractivity contribution is 5.51. The predicted octanol–water partition coefficient (Wildman–Crippen LogP) is 3.07. The number of nitrogens with zero attached hydrogens (tertiary/aromatic N) is 4. The summed E-state index contributed by atoms with van der Waals surface area (Å²) >= 11 is 0. The lowest BCUT2D eigenvalue weighted by molar-refractivity contribution is 0.260. The minimum absolute atomic E-state index is 0.576. The van der Waals surface area contributed by atoms with Gasteiger partial charge in [-0.25, -0.2) is 0 Å². The molecule has 0 saturated heterocycles. The summed E-state index contributed by atoms with van der Waals surface area (Å²) in [6.07, 6.45) is 3.45. The van der Waals surface area contributed by atoms with Crippen molar-refractivity contribution in [2.45, 2.75) is 20.0 Å². The fourth-order valence-corrected chi connectivity index (χ4v) is 2.30. The van der Waals surface area contributed by atoms with Crippen molar-refractivity contribution in [1.82, 2.24) is 20.0 Å². The molecule has 0 aliphatic rings. The molecule has 0 aliphatic heterocycles. The summed E-state index contributed by atoms with van der Waals surface area (Å²) in [5.74, 6) is 1.18. The maximum absolute atomic E-state index is 5.33. The summed E-state index contributed by atoms with van der Waals surface area (Å²) in [6, 6.07) is 12.1. The van der Waals surface area contributed by atoms with E-state index in [2.05, 4.69) is 51.2 Å². The molecule has 2 heterocycles. The van der Waals surface area contributed by atoms with Crippen LogP contribution >= 0.6 is 0 Å². The van der Waals surface area contributed by atoms with Crippen LogP contribution in [0.15, 0.2) is 53.3 Å². The summed E-state index contributed by atoms with van der Waals surface area (Å²) in [5.41, 5.74) is 3.45. The molecule has 3 aromatic rings. The van der Waals surface area contributed by atoms with Crippen LogP contribution in [0.3, 0.4) is 0 Å². The van der Waals surface area contributed by atoms with Gasteiger partial charge in [-0.2, -0.15) is 4.98 Å². The number of pyridine rings is 1. The van der Waals surface area contributed by atoms with Crippen molar-refractivity contribution in [3.05, 3.63) is 65.8 Å². The van der Waals surface area contributed by atoms with Crippen molar-refractivity contribution in [2.24, 2.45) is 0 Å². The van der Waals surface area contributed by atoms with Gasteiger partial charge >= 0.3 is 0 Å². The summed E-state index contributed by atoms with van der Waals surface area (Å²) < 4.78 is 5.33. The average molecular weight is 294 g/mol. The number of rotatable bonds is 5. The monoisotopic (exact) mass is 294 g/mol.